The molecule has 1 aromatic carbocycles. The topological polar surface area (TPSA) is 58.4 Å². The molecule has 1 fully saturated rings. The lowest BCUT2D eigenvalue weighted by Gasteiger charge is -2.21. The second kappa shape index (κ2) is 4.21. The monoisotopic (exact) mass is 205 g/mol. The van der Waals surface area contributed by atoms with Crippen molar-refractivity contribution < 1.29 is 4.79 Å². The molecule has 0 unspecified atom stereocenters. The Balaban J connectivity index is 2.14. The Kier molecular flexibility index (Phi) is 2.76. The summed E-state index contributed by atoms with van der Waals surface area (Å²) in [6, 6.07) is 7.62. The Labute approximate surface area is 89.1 Å². The van der Waals surface area contributed by atoms with Gasteiger partial charge in [0.1, 0.15) is 0 Å². The van der Waals surface area contributed by atoms with Gasteiger partial charge in [-0.3, -0.25) is 4.79 Å². The van der Waals surface area contributed by atoms with E-state index in [4.69, 9.17) is 5.73 Å². The van der Waals surface area contributed by atoms with Gasteiger partial charge in [-0.15, -0.1) is 0 Å². The molecule has 0 spiro atoms. The van der Waals surface area contributed by atoms with Gasteiger partial charge in [-0.05, 0) is 30.7 Å². The van der Waals surface area contributed by atoms with Crippen LogP contribution in [0.5, 0.6) is 0 Å². The molecule has 4 nitrogen and oxygen atoms in total. The number of anilines is 2. The van der Waals surface area contributed by atoms with Crippen molar-refractivity contribution in [1.29, 1.82) is 0 Å². The summed E-state index contributed by atoms with van der Waals surface area (Å²) in [4.78, 5) is 13.4. The van der Waals surface area contributed by atoms with Crippen LogP contribution in [0.25, 0.3) is 0 Å². The lowest BCUT2D eigenvalue weighted by atomic mass is 10.2. The van der Waals surface area contributed by atoms with E-state index < -0.39 is 0 Å². The van der Waals surface area contributed by atoms with E-state index in [1.807, 2.05) is 24.3 Å². The van der Waals surface area contributed by atoms with Crippen molar-refractivity contribution in [3.63, 3.8) is 0 Å². The summed E-state index contributed by atoms with van der Waals surface area (Å²) in [5.41, 5.74) is 7.42. The molecule has 1 saturated heterocycles. The third-order valence-corrected chi connectivity index (χ3v) is 2.52. The van der Waals surface area contributed by atoms with Crippen LogP contribution in [0, 0.1) is 0 Å². The summed E-state index contributed by atoms with van der Waals surface area (Å²) in [7, 11) is 0. The molecule has 0 atom stereocenters. The van der Waals surface area contributed by atoms with Gasteiger partial charge in [0.15, 0.2) is 0 Å². The predicted molar refractivity (Wildman–Crippen MR) is 60.7 cm³/mol. The van der Waals surface area contributed by atoms with Gasteiger partial charge in [0.25, 0.3) is 0 Å². The molecule has 0 radical (unpaired) electrons. The minimum atomic E-state index is 0.0873. The normalized spacial score (nSPS) is 17.1. The van der Waals surface area contributed by atoms with E-state index in [1.165, 1.54) is 0 Å². The van der Waals surface area contributed by atoms with Crippen LogP contribution in [0.4, 0.5) is 11.4 Å². The molecule has 3 N–H and O–H groups in total. The second-order valence-electron chi connectivity index (χ2n) is 3.72. The summed E-state index contributed by atoms with van der Waals surface area (Å²) >= 11 is 0. The van der Waals surface area contributed by atoms with Crippen molar-refractivity contribution in [3.8, 4) is 0 Å². The van der Waals surface area contributed by atoms with Gasteiger partial charge in [-0.25, -0.2) is 0 Å². The number of hydrogen-bond acceptors (Lipinski definition) is 3. The molecule has 4 heteroatoms. The number of nitrogens with two attached hydrogens (primary N) is 1. The molecule has 0 bridgehead atoms. The zero-order valence-electron chi connectivity index (χ0n) is 8.57. The van der Waals surface area contributed by atoms with Crippen LogP contribution in [-0.2, 0) is 4.79 Å². The largest absolute Gasteiger partial charge is 0.399 e. The van der Waals surface area contributed by atoms with Crippen molar-refractivity contribution in [3.05, 3.63) is 24.3 Å². The first-order valence-corrected chi connectivity index (χ1v) is 5.13. The van der Waals surface area contributed by atoms with Gasteiger partial charge >= 0.3 is 0 Å². The fourth-order valence-corrected chi connectivity index (χ4v) is 1.71. The third-order valence-electron chi connectivity index (χ3n) is 2.52. The number of carbonyl (C=O) groups is 1. The van der Waals surface area contributed by atoms with E-state index >= 15 is 0 Å². The maximum atomic E-state index is 11.4. The molecule has 0 saturated carbocycles. The van der Waals surface area contributed by atoms with Crippen molar-refractivity contribution in [2.75, 3.05) is 30.3 Å². The maximum absolute atomic E-state index is 11.4. The Hall–Kier alpha value is -1.71. The second-order valence-corrected chi connectivity index (χ2v) is 3.72. The molecule has 1 aliphatic heterocycles. The lowest BCUT2D eigenvalue weighted by molar-refractivity contribution is -0.119. The molecule has 1 amide bonds. The molecule has 1 aliphatic rings. The van der Waals surface area contributed by atoms with Gasteiger partial charge in [-0.2, -0.15) is 0 Å². The van der Waals surface area contributed by atoms with Crippen LogP contribution in [0.1, 0.15) is 6.42 Å². The van der Waals surface area contributed by atoms with E-state index in [9.17, 15) is 4.79 Å². The van der Waals surface area contributed by atoms with Crippen LogP contribution < -0.4 is 16.0 Å². The number of amides is 1. The molecule has 1 aromatic rings. The summed E-state index contributed by atoms with van der Waals surface area (Å²) in [6.45, 7) is 2.11. The van der Waals surface area contributed by atoms with E-state index in [0.717, 1.165) is 30.9 Å². The molecule has 1 heterocycles. The predicted octanol–water partition coefficient (Wildman–Crippen LogP) is 0.595. The first-order valence-electron chi connectivity index (χ1n) is 5.13. The zero-order valence-corrected chi connectivity index (χ0v) is 8.57. The highest BCUT2D eigenvalue weighted by atomic mass is 16.2. The van der Waals surface area contributed by atoms with Gasteiger partial charge in [0, 0.05) is 24.5 Å². The average molecular weight is 205 g/mol. The highest BCUT2D eigenvalue weighted by molar-refractivity contribution is 5.81. The zero-order chi connectivity index (χ0) is 10.7. The van der Waals surface area contributed by atoms with E-state index in [-0.39, 0.29) is 5.91 Å². The van der Waals surface area contributed by atoms with Crippen molar-refractivity contribution in [2.24, 2.45) is 0 Å². The number of nitrogen functional groups attached to an aromatic ring is 1. The number of nitrogens with zero attached hydrogens (tertiary/aromatic N) is 1. The summed E-state index contributed by atoms with van der Waals surface area (Å²) in [6.07, 6.45) is 0.982. The fourth-order valence-electron chi connectivity index (χ4n) is 1.71. The van der Waals surface area contributed by atoms with Crippen LogP contribution >= 0.6 is 0 Å². The van der Waals surface area contributed by atoms with E-state index in [2.05, 4.69) is 10.2 Å². The van der Waals surface area contributed by atoms with Gasteiger partial charge in [0.05, 0.1) is 6.54 Å². The smallest absolute Gasteiger partial charge is 0.239 e. The Morgan fingerprint density at radius 2 is 2.00 bits per heavy atom. The summed E-state index contributed by atoms with van der Waals surface area (Å²) in [5, 5.41) is 2.85. The van der Waals surface area contributed by atoms with Gasteiger partial charge in [-0.1, -0.05) is 0 Å². The number of nitrogens with one attached hydrogen (secondary N) is 1. The number of hydrogen-bond donors (Lipinski definition) is 2. The number of rotatable bonds is 1. The summed E-state index contributed by atoms with van der Waals surface area (Å²) in [5.74, 6) is 0.0873. The van der Waals surface area contributed by atoms with E-state index in [0.29, 0.717) is 6.54 Å². The van der Waals surface area contributed by atoms with Gasteiger partial charge in [0.2, 0.25) is 5.91 Å². The van der Waals surface area contributed by atoms with Crippen molar-refractivity contribution in [2.45, 2.75) is 6.42 Å². The molecule has 80 valence electrons. The Morgan fingerprint density at radius 1 is 1.27 bits per heavy atom. The fraction of sp³-hybridized carbons (Fsp3) is 0.364. The highest BCUT2D eigenvalue weighted by Gasteiger charge is 2.14. The van der Waals surface area contributed by atoms with Crippen molar-refractivity contribution >= 4 is 17.3 Å². The number of benzene rings is 1. The SMILES string of the molecule is Nc1ccc(N2CCCNC(=O)C2)cc1. The average Bonchev–Trinajstić information content (AvgIpc) is 2.44. The van der Waals surface area contributed by atoms with Crippen LogP contribution in [0.3, 0.4) is 0 Å². The molecule has 0 aliphatic carbocycles. The van der Waals surface area contributed by atoms with Crippen LogP contribution in [0.2, 0.25) is 0 Å². The summed E-state index contributed by atoms with van der Waals surface area (Å²) < 4.78 is 0. The molecule has 2 rings (SSSR count). The maximum Gasteiger partial charge on any atom is 0.239 e. The first-order chi connectivity index (χ1) is 7.25. The van der Waals surface area contributed by atoms with Crippen molar-refractivity contribution in [1.82, 2.24) is 5.32 Å². The minimum Gasteiger partial charge on any atom is -0.399 e. The first kappa shape index (κ1) is 9.83. The van der Waals surface area contributed by atoms with Crippen LogP contribution in [0.15, 0.2) is 24.3 Å². The Bertz CT molecular complexity index is 347. The van der Waals surface area contributed by atoms with E-state index in [1.54, 1.807) is 0 Å². The molecular weight excluding hydrogens is 190 g/mol. The Morgan fingerprint density at radius 3 is 2.73 bits per heavy atom. The highest BCUT2D eigenvalue weighted by Crippen LogP contribution is 2.16. The quantitative estimate of drug-likeness (QED) is 0.660. The third kappa shape index (κ3) is 2.40. The van der Waals surface area contributed by atoms with Crippen LogP contribution in [-0.4, -0.2) is 25.5 Å². The standard InChI is InChI=1S/C11H15N3O/c12-9-2-4-10(5-3-9)14-7-1-6-13-11(15)8-14/h2-5H,1,6-8,12H2,(H,13,15). The number of carbonyl (C=O) groups excluding carboxylic acids is 1. The van der Waals surface area contributed by atoms with Gasteiger partial charge < -0.3 is 16.0 Å². The lowest BCUT2D eigenvalue weighted by Crippen LogP contribution is -2.32. The molecule has 15 heavy (non-hydrogen) atoms. The molecular formula is C11H15N3O. The minimum absolute atomic E-state index is 0.0873. The molecule has 0 aromatic heterocycles.